The van der Waals surface area contributed by atoms with Crippen molar-refractivity contribution in [2.24, 2.45) is 7.05 Å². The molecular weight excluding hydrogens is 371 g/mol. The zero-order valence-electron chi connectivity index (χ0n) is 15.8. The molecule has 0 bridgehead atoms. The summed E-state index contributed by atoms with van der Waals surface area (Å²) in [5.41, 5.74) is 0.974. The van der Waals surface area contributed by atoms with E-state index < -0.39 is 17.8 Å². The SMILES string of the molecule is CNC(C(=O)NC1CCN(Cc2ccc(C(F)(F)F)cc2)C1)c1cnn(C)c1. The van der Waals surface area contributed by atoms with Crippen molar-refractivity contribution in [1.29, 1.82) is 0 Å². The minimum atomic E-state index is -4.32. The molecule has 2 aromatic rings. The molecule has 152 valence electrons. The number of carbonyl (C=O) groups is 1. The number of nitrogens with one attached hydrogen (secondary N) is 2. The van der Waals surface area contributed by atoms with Gasteiger partial charge in [-0.05, 0) is 31.2 Å². The maximum Gasteiger partial charge on any atom is 0.416 e. The van der Waals surface area contributed by atoms with Gasteiger partial charge in [-0.15, -0.1) is 0 Å². The summed E-state index contributed by atoms with van der Waals surface area (Å²) in [4.78, 5) is 14.7. The quantitative estimate of drug-likeness (QED) is 0.786. The van der Waals surface area contributed by atoms with Gasteiger partial charge in [-0.25, -0.2) is 0 Å². The van der Waals surface area contributed by atoms with E-state index in [2.05, 4.69) is 20.6 Å². The first kappa shape index (κ1) is 20.3. The largest absolute Gasteiger partial charge is 0.416 e. The van der Waals surface area contributed by atoms with E-state index in [0.717, 1.165) is 36.2 Å². The van der Waals surface area contributed by atoms with Gasteiger partial charge in [0, 0.05) is 44.5 Å². The first-order valence-corrected chi connectivity index (χ1v) is 9.11. The molecular formula is C19H24F3N5O. The van der Waals surface area contributed by atoms with Gasteiger partial charge in [0.2, 0.25) is 5.91 Å². The molecule has 6 nitrogen and oxygen atoms in total. The second kappa shape index (κ2) is 8.32. The highest BCUT2D eigenvalue weighted by atomic mass is 19.4. The minimum absolute atomic E-state index is 0.00877. The number of benzene rings is 1. The fourth-order valence-electron chi connectivity index (χ4n) is 3.47. The molecule has 1 amide bonds. The summed E-state index contributed by atoms with van der Waals surface area (Å²) in [5, 5.41) is 10.2. The molecule has 0 radical (unpaired) electrons. The van der Waals surface area contributed by atoms with Crippen LogP contribution < -0.4 is 10.6 Å². The molecule has 1 aromatic carbocycles. The Balaban J connectivity index is 1.53. The summed E-state index contributed by atoms with van der Waals surface area (Å²) in [6.07, 6.45) is -0.0614. The lowest BCUT2D eigenvalue weighted by molar-refractivity contribution is -0.137. The van der Waals surface area contributed by atoms with Gasteiger partial charge in [0.05, 0.1) is 11.8 Å². The highest BCUT2D eigenvalue weighted by molar-refractivity contribution is 5.83. The zero-order chi connectivity index (χ0) is 20.3. The average molecular weight is 395 g/mol. The second-order valence-corrected chi connectivity index (χ2v) is 7.09. The van der Waals surface area contributed by atoms with Crippen LogP contribution in [0.5, 0.6) is 0 Å². The lowest BCUT2D eigenvalue weighted by Gasteiger charge is -2.20. The van der Waals surface area contributed by atoms with Crippen LogP contribution in [0.3, 0.4) is 0 Å². The monoisotopic (exact) mass is 395 g/mol. The third kappa shape index (κ3) is 4.90. The van der Waals surface area contributed by atoms with Crippen LogP contribution in [0.25, 0.3) is 0 Å². The average Bonchev–Trinajstić information content (AvgIpc) is 3.24. The zero-order valence-corrected chi connectivity index (χ0v) is 15.8. The third-order valence-electron chi connectivity index (χ3n) is 4.92. The highest BCUT2D eigenvalue weighted by Crippen LogP contribution is 2.29. The van der Waals surface area contributed by atoms with Gasteiger partial charge < -0.3 is 10.6 Å². The number of carbonyl (C=O) groups excluding carboxylic acids is 1. The fourth-order valence-corrected chi connectivity index (χ4v) is 3.47. The van der Waals surface area contributed by atoms with Gasteiger partial charge in [-0.2, -0.15) is 18.3 Å². The third-order valence-corrected chi connectivity index (χ3v) is 4.92. The van der Waals surface area contributed by atoms with Crippen LogP contribution in [-0.2, 0) is 24.6 Å². The number of nitrogens with zero attached hydrogens (tertiary/aromatic N) is 3. The van der Waals surface area contributed by atoms with Gasteiger partial charge in [0.1, 0.15) is 6.04 Å². The van der Waals surface area contributed by atoms with Gasteiger partial charge in [0.25, 0.3) is 0 Å². The Hall–Kier alpha value is -2.39. The van der Waals surface area contributed by atoms with Crippen molar-refractivity contribution in [3.8, 4) is 0 Å². The maximum absolute atomic E-state index is 12.7. The first-order chi connectivity index (χ1) is 13.3. The number of aryl methyl sites for hydroxylation is 1. The van der Waals surface area contributed by atoms with Gasteiger partial charge in [-0.3, -0.25) is 14.4 Å². The van der Waals surface area contributed by atoms with Crippen molar-refractivity contribution in [3.63, 3.8) is 0 Å². The summed E-state index contributed by atoms with van der Waals surface area (Å²) < 4.78 is 39.6. The number of halogens is 3. The molecule has 3 rings (SSSR count). The molecule has 1 fully saturated rings. The van der Waals surface area contributed by atoms with Gasteiger partial charge >= 0.3 is 6.18 Å². The Morgan fingerprint density at radius 1 is 1.32 bits per heavy atom. The number of amides is 1. The van der Waals surface area contributed by atoms with Crippen molar-refractivity contribution >= 4 is 5.91 Å². The molecule has 0 aliphatic carbocycles. The summed E-state index contributed by atoms with van der Waals surface area (Å²) in [6, 6.07) is 4.77. The van der Waals surface area contributed by atoms with Crippen molar-refractivity contribution in [3.05, 3.63) is 53.3 Å². The summed E-state index contributed by atoms with van der Waals surface area (Å²) in [6.45, 7) is 2.00. The molecule has 0 saturated carbocycles. The first-order valence-electron chi connectivity index (χ1n) is 9.11. The highest BCUT2D eigenvalue weighted by Gasteiger charge is 2.30. The van der Waals surface area contributed by atoms with Crippen LogP contribution in [0.4, 0.5) is 13.2 Å². The maximum atomic E-state index is 12.7. The van der Waals surface area contributed by atoms with E-state index in [1.165, 1.54) is 12.1 Å². The van der Waals surface area contributed by atoms with E-state index in [9.17, 15) is 18.0 Å². The fraction of sp³-hybridized carbons (Fsp3) is 0.474. The molecule has 2 N–H and O–H groups in total. The number of aromatic nitrogens is 2. The molecule has 9 heteroatoms. The molecule has 0 spiro atoms. The molecule has 2 atom stereocenters. The number of rotatable bonds is 6. The lowest BCUT2D eigenvalue weighted by atomic mass is 10.1. The van der Waals surface area contributed by atoms with Crippen LogP contribution in [0.15, 0.2) is 36.7 Å². The molecule has 28 heavy (non-hydrogen) atoms. The summed E-state index contributed by atoms with van der Waals surface area (Å²) in [7, 11) is 3.52. The number of likely N-dealkylation sites (N-methyl/N-ethyl adjacent to an activating group) is 1. The minimum Gasteiger partial charge on any atom is -0.350 e. The molecule has 2 heterocycles. The Morgan fingerprint density at radius 2 is 2.04 bits per heavy atom. The van der Waals surface area contributed by atoms with E-state index in [1.807, 2.05) is 0 Å². The van der Waals surface area contributed by atoms with Gasteiger partial charge in [0.15, 0.2) is 0 Å². The topological polar surface area (TPSA) is 62.2 Å². The van der Waals surface area contributed by atoms with E-state index in [1.54, 1.807) is 31.2 Å². The van der Waals surface area contributed by atoms with E-state index in [4.69, 9.17) is 0 Å². The number of likely N-dealkylation sites (tertiary alicyclic amines) is 1. The Morgan fingerprint density at radius 3 is 2.61 bits per heavy atom. The van der Waals surface area contributed by atoms with Crippen LogP contribution >= 0.6 is 0 Å². The Labute approximate surface area is 161 Å². The van der Waals surface area contributed by atoms with Crippen LogP contribution in [0.1, 0.15) is 29.2 Å². The predicted octanol–water partition coefficient (Wildman–Crippen LogP) is 2.09. The summed E-state index contributed by atoms with van der Waals surface area (Å²) >= 11 is 0. The van der Waals surface area contributed by atoms with E-state index in [0.29, 0.717) is 13.1 Å². The number of alkyl halides is 3. The number of hydrogen-bond acceptors (Lipinski definition) is 4. The molecule has 1 aliphatic rings. The lowest BCUT2D eigenvalue weighted by Crippen LogP contribution is -2.43. The van der Waals surface area contributed by atoms with Crippen molar-refractivity contribution in [2.45, 2.75) is 31.2 Å². The van der Waals surface area contributed by atoms with Crippen LogP contribution in [0.2, 0.25) is 0 Å². The Bertz CT molecular complexity index is 803. The second-order valence-electron chi connectivity index (χ2n) is 7.09. The number of hydrogen-bond donors (Lipinski definition) is 2. The molecule has 1 saturated heterocycles. The smallest absolute Gasteiger partial charge is 0.350 e. The Kier molecular flexibility index (Phi) is 6.04. The predicted molar refractivity (Wildman–Crippen MR) is 98.3 cm³/mol. The standard InChI is InChI=1S/C19H24F3N5O/c1-23-17(14-9-24-26(2)11-14)18(28)25-16-7-8-27(12-16)10-13-3-5-15(6-4-13)19(20,21)22/h3-6,9,11,16-17,23H,7-8,10,12H2,1-2H3,(H,25,28). The molecule has 1 aliphatic heterocycles. The van der Waals surface area contributed by atoms with E-state index >= 15 is 0 Å². The van der Waals surface area contributed by atoms with Crippen molar-refractivity contribution < 1.29 is 18.0 Å². The molecule has 1 aromatic heterocycles. The van der Waals surface area contributed by atoms with Crippen molar-refractivity contribution in [2.75, 3.05) is 20.1 Å². The van der Waals surface area contributed by atoms with Crippen LogP contribution in [0, 0.1) is 0 Å². The van der Waals surface area contributed by atoms with Crippen LogP contribution in [-0.4, -0.2) is 46.8 Å². The van der Waals surface area contributed by atoms with Crippen molar-refractivity contribution in [1.82, 2.24) is 25.3 Å². The molecule has 2 unspecified atom stereocenters. The summed E-state index contributed by atoms with van der Waals surface area (Å²) in [5.74, 6) is -0.114. The van der Waals surface area contributed by atoms with E-state index in [-0.39, 0.29) is 11.9 Å². The van der Waals surface area contributed by atoms with Gasteiger partial charge in [-0.1, -0.05) is 12.1 Å². The normalized spacial score (nSPS) is 19.0.